The highest BCUT2D eigenvalue weighted by Crippen LogP contribution is 2.23. The Kier molecular flexibility index (Phi) is 4.29. The Balaban J connectivity index is 1.41. The molecule has 1 aromatic carbocycles. The minimum atomic E-state index is 0.733. The zero-order valence-corrected chi connectivity index (χ0v) is 13.9. The molecule has 2 aliphatic heterocycles. The molecule has 0 bridgehead atoms. The average molecular weight is 329 g/mol. The molecular formula is C18H21ClN4. The van der Waals surface area contributed by atoms with E-state index in [0.29, 0.717) is 0 Å². The normalized spacial score (nSPS) is 22.2. The first-order chi connectivity index (χ1) is 11.3. The SMILES string of the molecule is Clc1ccc(-c2ncc(CN3CCN4CCC[C@@H]4C3)cn2)cc1. The van der Waals surface area contributed by atoms with Crippen LogP contribution in [-0.4, -0.2) is 52.0 Å². The van der Waals surface area contributed by atoms with Crippen LogP contribution in [-0.2, 0) is 6.54 Å². The number of halogens is 1. The quantitative estimate of drug-likeness (QED) is 0.866. The van der Waals surface area contributed by atoms with Crippen molar-refractivity contribution in [3.63, 3.8) is 0 Å². The summed E-state index contributed by atoms with van der Waals surface area (Å²) in [4.78, 5) is 14.2. The Hall–Kier alpha value is -1.49. The standard InChI is InChI=1S/C18H21ClN4/c19-16-5-3-15(4-6-16)18-20-10-14(11-21-18)12-22-8-9-23-7-1-2-17(23)13-22/h3-6,10-11,17H,1-2,7-9,12-13H2/t17-/m1/s1. The maximum atomic E-state index is 5.92. The lowest BCUT2D eigenvalue weighted by molar-refractivity contribution is 0.0992. The predicted molar refractivity (Wildman–Crippen MR) is 92.4 cm³/mol. The first kappa shape index (κ1) is 15.1. The summed E-state index contributed by atoms with van der Waals surface area (Å²) in [5.74, 6) is 0.756. The summed E-state index contributed by atoms with van der Waals surface area (Å²) in [6.07, 6.45) is 6.62. The summed E-state index contributed by atoms with van der Waals surface area (Å²) >= 11 is 5.92. The van der Waals surface area contributed by atoms with Gasteiger partial charge >= 0.3 is 0 Å². The molecular weight excluding hydrogens is 308 g/mol. The van der Waals surface area contributed by atoms with Crippen LogP contribution >= 0.6 is 11.6 Å². The Morgan fingerprint density at radius 3 is 2.61 bits per heavy atom. The Morgan fingerprint density at radius 1 is 1.04 bits per heavy atom. The van der Waals surface area contributed by atoms with Gasteiger partial charge in [-0.25, -0.2) is 9.97 Å². The van der Waals surface area contributed by atoms with Crippen molar-refractivity contribution in [3.05, 3.63) is 47.2 Å². The fourth-order valence-electron chi connectivity index (χ4n) is 3.64. The summed E-state index contributed by atoms with van der Waals surface area (Å²) in [6, 6.07) is 8.41. The highest BCUT2D eigenvalue weighted by molar-refractivity contribution is 6.30. The van der Waals surface area contributed by atoms with Crippen LogP contribution in [0.15, 0.2) is 36.7 Å². The van der Waals surface area contributed by atoms with Gasteiger partial charge in [-0.05, 0) is 43.7 Å². The topological polar surface area (TPSA) is 32.3 Å². The molecule has 2 aromatic rings. The van der Waals surface area contributed by atoms with E-state index in [1.54, 1.807) is 0 Å². The van der Waals surface area contributed by atoms with Gasteiger partial charge in [0.2, 0.25) is 0 Å². The minimum Gasteiger partial charge on any atom is -0.298 e. The van der Waals surface area contributed by atoms with E-state index in [1.807, 2.05) is 36.7 Å². The van der Waals surface area contributed by atoms with E-state index in [1.165, 1.54) is 38.0 Å². The Morgan fingerprint density at radius 2 is 1.83 bits per heavy atom. The van der Waals surface area contributed by atoms with Gasteiger partial charge in [-0.1, -0.05) is 11.6 Å². The molecule has 5 heteroatoms. The van der Waals surface area contributed by atoms with E-state index in [0.717, 1.165) is 35.5 Å². The average Bonchev–Trinajstić information content (AvgIpc) is 3.04. The summed E-state index contributed by atoms with van der Waals surface area (Å²) in [5, 5.41) is 0.733. The van der Waals surface area contributed by atoms with E-state index >= 15 is 0 Å². The number of piperazine rings is 1. The number of benzene rings is 1. The number of hydrogen-bond acceptors (Lipinski definition) is 4. The first-order valence-corrected chi connectivity index (χ1v) is 8.69. The van der Waals surface area contributed by atoms with Crippen molar-refractivity contribution < 1.29 is 0 Å². The molecule has 2 saturated heterocycles. The van der Waals surface area contributed by atoms with Crippen molar-refractivity contribution in [1.29, 1.82) is 0 Å². The number of hydrogen-bond donors (Lipinski definition) is 0. The highest BCUT2D eigenvalue weighted by Gasteiger charge is 2.30. The van der Waals surface area contributed by atoms with Crippen molar-refractivity contribution in [2.75, 3.05) is 26.2 Å². The Labute approximate surface area is 142 Å². The van der Waals surface area contributed by atoms with Crippen LogP contribution in [0.25, 0.3) is 11.4 Å². The second kappa shape index (κ2) is 6.56. The second-order valence-corrected chi connectivity index (χ2v) is 6.93. The zero-order valence-electron chi connectivity index (χ0n) is 13.2. The van der Waals surface area contributed by atoms with Crippen LogP contribution in [0.5, 0.6) is 0 Å². The largest absolute Gasteiger partial charge is 0.298 e. The van der Waals surface area contributed by atoms with E-state index in [4.69, 9.17) is 11.6 Å². The first-order valence-electron chi connectivity index (χ1n) is 8.31. The molecule has 0 aliphatic carbocycles. The maximum absolute atomic E-state index is 5.92. The highest BCUT2D eigenvalue weighted by atomic mass is 35.5. The Bertz CT molecular complexity index is 656. The zero-order chi connectivity index (χ0) is 15.6. The molecule has 4 nitrogen and oxygen atoms in total. The predicted octanol–water partition coefficient (Wildman–Crippen LogP) is 3.08. The van der Waals surface area contributed by atoms with Crippen molar-refractivity contribution in [3.8, 4) is 11.4 Å². The van der Waals surface area contributed by atoms with Gasteiger partial charge in [0, 0.05) is 60.8 Å². The number of fused-ring (bicyclic) bond motifs is 1. The van der Waals surface area contributed by atoms with Gasteiger partial charge in [-0.2, -0.15) is 0 Å². The van der Waals surface area contributed by atoms with Gasteiger partial charge in [0.15, 0.2) is 5.82 Å². The molecule has 0 N–H and O–H groups in total. The molecule has 0 amide bonds. The number of nitrogens with zero attached hydrogens (tertiary/aromatic N) is 4. The maximum Gasteiger partial charge on any atom is 0.159 e. The summed E-state index contributed by atoms with van der Waals surface area (Å²) < 4.78 is 0. The fraction of sp³-hybridized carbons (Fsp3) is 0.444. The molecule has 0 spiro atoms. The van der Waals surface area contributed by atoms with Gasteiger partial charge in [0.05, 0.1) is 0 Å². The van der Waals surface area contributed by atoms with Crippen molar-refractivity contribution in [1.82, 2.24) is 19.8 Å². The lowest BCUT2D eigenvalue weighted by atomic mass is 10.1. The number of rotatable bonds is 3. The van der Waals surface area contributed by atoms with Gasteiger partial charge < -0.3 is 0 Å². The minimum absolute atomic E-state index is 0.733. The third-order valence-electron chi connectivity index (χ3n) is 4.89. The molecule has 1 atom stereocenters. The lowest BCUT2D eigenvalue weighted by Crippen LogP contribution is -2.49. The van der Waals surface area contributed by atoms with Crippen LogP contribution in [0.2, 0.25) is 5.02 Å². The van der Waals surface area contributed by atoms with E-state index in [2.05, 4.69) is 19.8 Å². The lowest BCUT2D eigenvalue weighted by Gasteiger charge is -2.37. The van der Waals surface area contributed by atoms with Gasteiger partial charge in [-0.15, -0.1) is 0 Å². The fourth-order valence-corrected chi connectivity index (χ4v) is 3.77. The molecule has 0 radical (unpaired) electrons. The smallest absolute Gasteiger partial charge is 0.159 e. The molecule has 0 unspecified atom stereocenters. The van der Waals surface area contributed by atoms with E-state index < -0.39 is 0 Å². The van der Waals surface area contributed by atoms with E-state index in [9.17, 15) is 0 Å². The van der Waals surface area contributed by atoms with Gasteiger partial charge in [0.1, 0.15) is 0 Å². The molecule has 2 aliphatic rings. The molecule has 1 aromatic heterocycles. The molecule has 23 heavy (non-hydrogen) atoms. The van der Waals surface area contributed by atoms with Crippen molar-refractivity contribution in [2.45, 2.75) is 25.4 Å². The van der Waals surface area contributed by atoms with Crippen molar-refractivity contribution in [2.24, 2.45) is 0 Å². The molecule has 0 saturated carbocycles. The molecule has 3 heterocycles. The second-order valence-electron chi connectivity index (χ2n) is 6.49. The van der Waals surface area contributed by atoms with Gasteiger partial charge in [-0.3, -0.25) is 9.80 Å². The van der Waals surface area contributed by atoms with Gasteiger partial charge in [0.25, 0.3) is 0 Å². The van der Waals surface area contributed by atoms with E-state index in [-0.39, 0.29) is 0 Å². The van der Waals surface area contributed by atoms with Crippen LogP contribution < -0.4 is 0 Å². The summed E-state index contributed by atoms with van der Waals surface area (Å²) in [7, 11) is 0. The summed E-state index contributed by atoms with van der Waals surface area (Å²) in [6.45, 7) is 5.77. The van der Waals surface area contributed by atoms with Crippen LogP contribution in [0.1, 0.15) is 18.4 Å². The molecule has 120 valence electrons. The third kappa shape index (κ3) is 3.39. The number of aromatic nitrogens is 2. The summed E-state index contributed by atoms with van der Waals surface area (Å²) in [5.41, 5.74) is 2.19. The van der Waals surface area contributed by atoms with Crippen molar-refractivity contribution >= 4 is 11.6 Å². The monoisotopic (exact) mass is 328 g/mol. The molecule has 2 fully saturated rings. The molecule has 4 rings (SSSR count). The third-order valence-corrected chi connectivity index (χ3v) is 5.14. The van der Waals surface area contributed by atoms with Crippen LogP contribution in [0.4, 0.5) is 0 Å². The van der Waals surface area contributed by atoms with Crippen LogP contribution in [0, 0.1) is 0 Å². The van der Waals surface area contributed by atoms with Crippen LogP contribution in [0.3, 0.4) is 0 Å².